The van der Waals surface area contributed by atoms with Crippen molar-refractivity contribution in [2.24, 2.45) is 0 Å². The van der Waals surface area contributed by atoms with Crippen LogP contribution in [-0.4, -0.2) is 9.97 Å². The molecule has 0 aliphatic carbocycles. The Hall–Kier alpha value is -2.82. The average Bonchev–Trinajstić information content (AvgIpc) is 2.93. The third-order valence-corrected chi connectivity index (χ3v) is 4.05. The zero-order valence-corrected chi connectivity index (χ0v) is 12.6. The van der Waals surface area contributed by atoms with Crippen molar-refractivity contribution in [2.45, 2.75) is 12.6 Å². The zero-order chi connectivity index (χ0) is 16.7. The van der Waals surface area contributed by atoms with Crippen LogP contribution in [0.2, 0.25) is 0 Å². The maximum absolute atomic E-state index is 12.6. The molecule has 4 rings (SSSR count). The number of nitrogens with zero attached hydrogens (tertiary/aromatic N) is 1. The molecule has 0 bridgehead atoms. The summed E-state index contributed by atoms with van der Waals surface area (Å²) in [5.41, 5.74) is 1.93. The molecule has 2 nitrogen and oxygen atoms in total. The van der Waals surface area contributed by atoms with Crippen molar-refractivity contribution in [2.75, 3.05) is 0 Å². The van der Waals surface area contributed by atoms with E-state index in [1.165, 1.54) is 12.1 Å². The number of hydrogen-bond donors (Lipinski definition) is 1. The highest BCUT2D eigenvalue weighted by molar-refractivity contribution is 5.95. The van der Waals surface area contributed by atoms with E-state index in [-0.39, 0.29) is 0 Å². The van der Waals surface area contributed by atoms with Crippen molar-refractivity contribution in [3.8, 4) is 0 Å². The van der Waals surface area contributed by atoms with Crippen LogP contribution in [0, 0.1) is 0 Å². The van der Waals surface area contributed by atoms with E-state index in [9.17, 15) is 13.2 Å². The average molecular weight is 326 g/mol. The van der Waals surface area contributed by atoms with Crippen LogP contribution in [-0.2, 0) is 12.6 Å². The highest BCUT2D eigenvalue weighted by atomic mass is 19.4. The largest absolute Gasteiger partial charge is 0.416 e. The molecule has 0 spiro atoms. The smallest absolute Gasteiger partial charge is 0.342 e. The summed E-state index contributed by atoms with van der Waals surface area (Å²) in [7, 11) is 0. The number of fused-ring (bicyclic) bond motifs is 2. The van der Waals surface area contributed by atoms with E-state index in [4.69, 9.17) is 0 Å². The molecule has 0 unspecified atom stereocenters. The van der Waals surface area contributed by atoms with Gasteiger partial charge in [-0.1, -0.05) is 36.4 Å². The second kappa shape index (κ2) is 5.37. The second-order valence-corrected chi connectivity index (χ2v) is 5.77. The molecule has 1 N–H and O–H groups in total. The highest BCUT2D eigenvalue weighted by Gasteiger charge is 2.29. The van der Waals surface area contributed by atoms with Crippen molar-refractivity contribution < 1.29 is 13.2 Å². The molecule has 4 aromatic rings. The first kappa shape index (κ1) is 14.8. The lowest BCUT2D eigenvalue weighted by molar-refractivity contribution is -0.137. The van der Waals surface area contributed by atoms with Crippen molar-refractivity contribution in [1.82, 2.24) is 9.97 Å². The topological polar surface area (TPSA) is 28.7 Å². The second-order valence-electron chi connectivity index (χ2n) is 5.77. The zero-order valence-electron chi connectivity index (χ0n) is 12.6. The summed E-state index contributed by atoms with van der Waals surface area (Å²) in [5.74, 6) is 0.736. The van der Waals surface area contributed by atoms with E-state index in [2.05, 4.69) is 9.97 Å². The lowest BCUT2D eigenvalue weighted by Gasteiger charge is -2.06. The normalized spacial score (nSPS) is 12.1. The van der Waals surface area contributed by atoms with E-state index in [0.717, 1.165) is 45.3 Å². The number of benzene rings is 3. The summed E-state index contributed by atoms with van der Waals surface area (Å²) >= 11 is 0. The fraction of sp³-hybridized carbons (Fsp3) is 0.105. The molecule has 0 aliphatic heterocycles. The van der Waals surface area contributed by atoms with Crippen LogP contribution in [0.3, 0.4) is 0 Å². The Kier molecular flexibility index (Phi) is 3.30. The molecular weight excluding hydrogens is 313 g/mol. The van der Waals surface area contributed by atoms with Crippen molar-refractivity contribution in [1.29, 1.82) is 0 Å². The van der Waals surface area contributed by atoms with Gasteiger partial charge in [0.15, 0.2) is 0 Å². The molecule has 0 radical (unpaired) electrons. The molecule has 0 saturated heterocycles. The Morgan fingerprint density at radius 3 is 2.21 bits per heavy atom. The van der Waals surface area contributed by atoms with Gasteiger partial charge in [-0.2, -0.15) is 13.2 Å². The van der Waals surface area contributed by atoms with Gasteiger partial charge in [0.05, 0.1) is 16.6 Å². The van der Waals surface area contributed by atoms with Gasteiger partial charge in [-0.15, -0.1) is 0 Å². The van der Waals surface area contributed by atoms with Crippen LogP contribution >= 0.6 is 0 Å². The minimum atomic E-state index is -4.31. The SMILES string of the molecule is FC(F)(F)c1ccc(Cc2nc3cc4ccccc4cc3[nH]2)cc1. The van der Waals surface area contributed by atoms with E-state index >= 15 is 0 Å². The number of rotatable bonds is 2. The number of imidazole rings is 1. The Labute approximate surface area is 136 Å². The number of aromatic amines is 1. The van der Waals surface area contributed by atoms with E-state index in [1.54, 1.807) is 0 Å². The quantitative estimate of drug-likeness (QED) is 0.530. The molecule has 0 atom stereocenters. The van der Waals surface area contributed by atoms with Crippen LogP contribution in [0.4, 0.5) is 13.2 Å². The van der Waals surface area contributed by atoms with Crippen LogP contribution in [0.1, 0.15) is 17.0 Å². The molecule has 120 valence electrons. The minimum absolute atomic E-state index is 0.461. The van der Waals surface area contributed by atoms with Crippen LogP contribution in [0.25, 0.3) is 21.8 Å². The summed E-state index contributed by atoms with van der Waals surface area (Å²) in [5, 5.41) is 2.23. The van der Waals surface area contributed by atoms with E-state index in [0.29, 0.717) is 6.42 Å². The minimum Gasteiger partial charge on any atom is -0.342 e. The number of hydrogen-bond acceptors (Lipinski definition) is 1. The van der Waals surface area contributed by atoms with Gasteiger partial charge in [0.2, 0.25) is 0 Å². The van der Waals surface area contributed by atoms with Crippen LogP contribution < -0.4 is 0 Å². The first-order chi connectivity index (χ1) is 11.5. The number of nitrogens with one attached hydrogen (secondary N) is 1. The van der Waals surface area contributed by atoms with Crippen LogP contribution in [0.15, 0.2) is 60.7 Å². The third-order valence-electron chi connectivity index (χ3n) is 4.05. The molecule has 0 saturated carbocycles. The van der Waals surface area contributed by atoms with Gasteiger partial charge in [0.25, 0.3) is 0 Å². The van der Waals surface area contributed by atoms with Gasteiger partial charge >= 0.3 is 6.18 Å². The van der Waals surface area contributed by atoms with Crippen molar-refractivity contribution in [3.63, 3.8) is 0 Å². The maximum atomic E-state index is 12.6. The molecular formula is C19H13F3N2. The highest BCUT2D eigenvalue weighted by Crippen LogP contribution is 2.29. The van der Waals surface area contributed by atoms with Crippen molar-refractivity contribution >= 4 is 21.8 Å². The monoisotopic (exact) mass is 326 g/mol. The lowest BCUT2D eigenvalue weighted by Crippen LogP contribution is -2.04. The van der Waals surface area contributed by atoms with Gasteiger partial charge in [-0.05, 0) is 40.6 Å². The number of H-pyrrole nitrogens is 1. The summed E-state index contributed by atoms with van der Waals surface area (Å²) in [6.07, 6.45) is -3.85. The number of aromatic nitrogens is 2. The molecule has 3 aromatic carbocycles. The number of halogens is 3. The van der Waals surface area contributed by atoms with Crippen molar-refractivity contribution in [3.05, 3.63) is 77.6 Å². The van der Waals surface area contributed by atoms with Gasteiger partial charge in [-0.3, -0.25) is 0 Å². The summed E-state index contributed by atoms with van der Waals surface area (Å²) < 4.78 is 37.8. The molecule has 1 heterocycles. The standard InChI is InChI=1S/C19H13F3N2/c20-19(21,22)15-7-5-12(6-8-15)9-18-23-16-10-13-3-1-2-4-14(13)11-17(16)24-18/h1-8,10-11H,9H2,(H,23,24). The van der Waals surface area contributed by atoms with Gasteiger partial charge in [-0.25, -0.2) is 4.98 Å². The first-order valence-corrected chi connectivity index (χ1v) is 7.52. The summed E-state index contributed by atoms with van der Waals surface area (Å²) in [4.78, 5) is 7.80. The van der Waals surface area contributed by atoms with Crippen LogP contribution in [0.5, 0.6) is 0 Å². The van der Waals surface area contributed by atoms with Gasteiger partial charge < -0.3 is 4.98 Å². The molecule has 0 fully saturated rings. The van der Waals surface area contributed by atoms with Gasteiger partial charge in [0, 0.05) is 6.42 Å². The molecule has 24 heavy (non-hydrogen) atoms. The third kappa shape index (κ3) is 2.73. The van der Waals surface area contributed by atoms with E-state index < -0.39 is 11.7 Å². The Bertz CT molecular complexity index is 962. The molecule has 1 aromatic heterocycles. The number of alkyl halides is 3. The summed E-state index contributed by atoms with van der Waals surface area (Å²) in [6, 6.07) is 17.3. The molecule has 5 heteroatoms. The fourth-order valence-corrected chi connectivity index (χ4v) is 2.84. The maximum Gasteiger partial charge on any atom is 0.416 e. The Morgan fingerprint density at radius 2 is 1.54 bits per heavy atom. The fourth-order valence-electron chi connectivity index (χ4n) is 2.84. The molecule has 0 aliphatic rings. The summed E-state index contributed by atoms with van der Waals surface area (Å²) in [6.45, 7) is 0. The Balaban J connectivity index is 1.65. The Morgan fingerprint density at radius 1 is 0.875 bits per heavy atom. The molecule has 0 amide bonds. The lowest BCUT2D eigenvalue weighted by atomic mass is 10.1. The van der Waals surface area contributed by atoms with Gasteiger partial charge in [0.1, 0.15) is 5.82 Å². The predicted octanol–water partition coefficient (Wildman–Crippen LogP) is 5.33. The predicted molar refractivity (Wildman–Crippen MR) is 87.8 cm³/mol. The first-order valence-electron chi connectivity index (χ1n) is 7.52. The van der Waals surface area contributed by atoms with E-state index in [1.807, 2.05) is 36.4 Å².